The van der Waals surface area contributed by atoms with Crippen LogP contribution in [-0.2, 0) is 0 Å². The van der Waals surface area contributed by atoms with Crippen molar-refractivity contribution in [3.63, 3.8) is 0 Å². The maximum Gasteiger partial charge on any atom is 0.0390 e. The first-order valence-electron chi connectivity index (χ1n) is 6.54. The highest BCUT2D eigenvalue weighted by Gasteiger charge is 2.47. The minimum atomic E-state index is 0.255. The van der Waals surface area contributed by atoms with E-state index in [1.165, 1.54) is 34.9 Å². The standard InChI is InChI=1S/C15H17NS/c16-14(12-7-10-6-11(10)8-12)13-3-1-2-9-4-5-17-15(9)13/h1-5,10-12,14H,6-8,16H2. The number of thiophene rings is 1. The van der Waals surface area contributed by atoms with Crippen LogP contribution in [0.25, 0.3) is 10.1 Å². The lowest BCUT2D eigenvalue weighted by molar-refractivity contribution is 0.406. The van der Waals surface area contributed by atoms with Gasteiger partial charge in [0, 0.05) is 10.7 Å². The Hall–Kier alpha value is -0.860. The first kappa shape index (κ1) is 10.1. The molecule has 0 radical (unpaired) electrons. The van der Waals surface area contributed by atoms with Crippen molar-refractivity contribution in [1.82, 2.24) is 0 Å². The van der Waals surface area contributed by atoms with E-state index in [4.69, 9.17) is 5.73 Å². The van der Waals surface area contributed by atoms with E-state index in [2.05, 4.69) is 29.6 Å². The van der Waals surface area contributed by atoms with E-state index in [1.807, 2.05) is 11.3 Å². The van der Waals surface area contributed by atoms with E-state index in [0.717, 1.165) is 17.8 Å². The minimum absolute atomic E-state index is 0.255. The van der Waals surface area contributed by atoms with Crippen molar-refractivity contribution in [3.05, 3.63) is 35.2 Å². The van der Waals surface area contributed by atoms with Crippen LogP contribution in [0.4, 0.5) is 0 Å². The molecule has 17 heavy (non-hydrogen) atoms. The average Bonchev–Trinajstić information content (AvgIpc) is 2.82. The van der Waals surface area contributed by atoms with Crippen LogP contribution in [0, 0.1) is 17.8 Å². The molecular weight excluding hydrogens is 226 g/mol. The molecule has 0 aliphatic heterocycles. The van der Waals surface area contributed by atoms with Crippen molar-refractivity contribution < 1.29 is 0 Å². The van der Waals surface area contributed by atoms with Crippen molar-refractivity contribution in [2.75, 3.05) is 0 Å². The Morgan fingerprint density at radius 3 is 2.76 bits per heavy atom. The van der Waals surface area contributed by atoms with E-state index in [9.17, 15) is 0 Å². The molecule has 3 unspecified atom stereocenters. The monoisotopic (exact) mass is 243 g/mol. The summed E-state index contributed by atoms with van der Waals surface area (Å²) >= 11 is 1.83. The van der Waals surface area contributed by atoms with Gasteiger partial charge < -0.3 is 5.73 Å². The van der Waals surface area contributed by atoms with Gasteiger partial charge in [-0.2, -0.15) is 0 Å². The van der Waals surface area contributed by atoms with Crippen LogP contribution in [0.3, 0.4) is 0 Å². The third kappa shape index (κ3) is 1.54. The molecule has 2 N–H and O–H groups in total. The van der Waals surface area contributed by atoms with E-state index in [0.29, 0.717) is 0 Å². The Balaban J connectivity index is 1.70. The average molecular weight is 243 g/mol. The molecule has 88 valence electrons. The molecule has 1 aromatic carbocycles. The van der Waals surface area contributed by atoms with E-state index in [1.54, 1.807) is 0 Å². The first-order valence-corrected chi connectivity index (χ1v) is 7.42. The third-order valence-corrected chi connectivity index (χ3v) is 5.64. The molecule has 0 amide bonds. The summed E-state index contributed by atoms with van der Waals surface area (Å²) in [6, 6.07) is 9.02. The SMILES string of the molecule is NC(c1cccc2ccsc12)C1CC2CC2C1. The fraction of sp³-hybridized carbons (Fsp3) is 0.467. The van der Waals surface area contributed by atoms with Gasteiger partial charge in [0.25, 0.3) is 0 Å². The zero-order valence-corrected chi connectivity index (χ0v) is 10.6. The molecule has 2 aliphatic rings. The molecule has 2 aliphatic carbocycles. The van der Waals surface area contributed by atoms with Crippen LogP contribution in [0.2, 0.25) is 0 Å². The molecule has 2 fully saturated rings. The molecular formula is C15H17NS. The Morgan fingerprint density at radius 2 is 1.94 bits per heavy atom. The van der Waals surface area contributed by atoms with Crippen molar-refractivity contribution in [1.29, 1.82) is 0 Å². The Morgan fingerprint density at radius 1 is 1.12 bits per heavy atom. The minimum Gasteiger partial charge on any atom is -0.324 e. The van der Waals surface area contributed by atoms with Gasteiger partial charge in [0.15, 0.2) is 0 Å². The van der Waals surface area contributed by atoms with Crippen LogP contribution < -0.4 is 5.73 Å². The predicted octanol–water partition coefficient (Wildman–Crippen LogP) is 3.95. The molecule has 2 saturated carbocycles. The van der Waals surface area contributed by atoms with Crippen molar-refractivity contribution in [2.45, 2.75) is 25.3 Å². The molecule has 3 atom stereocenters. The van der Waals surface area contributed by atoms with Gasteiger partial charge in [-0.25, -0.2) is 0 Å². The summed E-state index contributed by atoms with van der Waals surface area (Å²) < 4.78 is 1.40. The van der Waals surface area contributed by atoms with Gasteiger partial charge in [0.2, 0.25) is 0 Å². The van der Waals surface area contributed by atoms with Crippen LogP contribution >= 0.6 is 11.3 Å². The van der Waals surface area contributed by atoms with E-state index >= 15 is 0 Å². The van der Waals surface area contributed by atoms with Gasteiger partial charge in [-0.05, 0) is 59.4 Å². The molecule has 2 aromatic rings. The van der Waals surface area contributed by atoms with Crippen molar-refractivity contribution >= 4 is 21.4 Å². The van der Waals surface area contributed by atoms with Crippen LogP contribution in [0.5, 0.6) is 0 Å². The predicted molar refractivity (Wildman–Crippen MR) is 73.1 cm³/mol. The Labute approximate surface area is 106 Å². The highest BCUT2D eigenvalue weighted by molar-refractivity contribution is 7.17. The lowest BCUT2D eigenvalue weighted by Gasteiger charge is -2.21. The van der Waals surface area contributed by atoms with Crippen LogP contribution in [0.1, 0.15) is 30.9 Å². The summed E-state index contributed by atoms with van der Waals surface area (Å²) in [5.41, 5.74) is 7.89. The summed E-state index contributed by atoms with van der Waals surface area (Å²) in [6.07, 6.45) is 4.22. The smallest absolute Gasteiger partial charge is 0.0390 e. The summed E-state index contributed by atoms with van der Waals surface area (Å²) in [5.74, 6) is 2.77. The first-order chi connectivity index (χ1) is 8.33. The second-order valence-corrected chi connectivity index (χ2v) is 6.62. The van der Waals surface area contributed by atoms with E-state index < -0.39 is 0 Å². The normalized spacial score (nSPS) is 32.6. The van der Waals surface area contributed by atoms with Gasteiger partial charge in [-0.1, -0.05) is 18.2 Å². The van der Waals surface area contributed by atoms with Crippen LogP contribution in [0.15, 0.2) is 29.6 Å². The largest absolute Gasteiger partial charge is 0.324 e. The fourth-order valence-electron chi connectivity index (χ4n) is 3.59. The van der Waals surface area contributed by atoms with Gasteiger partial charge >= 0.3 is 0 Å². The summed E-state index contributed by atoms with van der Waals surface area (Å²) in [5, 5.41) is 3.53. The lowest BCUT2D eigenvalue weighted by Crippen LogP contribution is -2.20. The van der Waals surface area contributed by atoms with E-state index in [-0.39, 0.29) is 6.04 Å². The second-order valence-electron chi connectivity index (χ2n) is 5.70. The number of hydrogen-bond acceptors (Lipinski definition) is 2. The maximum atomic E-state index is 6.52. The third-order valence-electron chi connectivity index (χ3n) is 4.66. The van der Waals surface area contributed by atoms with Gasteiger partial charge in [-0.3, -0.25) is 0 Å². The van der Waals surface area contributed by atoms with Crippen LogP contribution in [-0.4, -0.2) is 0 Å². The quantitative estimate of drug-likeness (QED) is 0.849. The van der Waals surface area contributed by atoms with Gasteiger partial charge in [0.05, 0.1) is 0 Å². The fourth-order valence-corrected chi connectivity index (χ4v) is 4.55. The second kappa shape index (κ2) is 3.56. The maximum absolute atomic E-state index is 6.52. The molecule has 0 saturated heterocycles. The highest BCUT2D eigenvalue weighted by atomic mass is 32.1. The molecule has 1 heterocycles. The molecule has 1 nitrogen and oxygen atoms in total. The summed E-state index contributed by atoms with van der Waals surface area (Å²) in [7, 11) is 0. The zero-order chi connectivity index (χ0) is 11.4. The number of hydrogen-bond donors (Lipinski definition) is 1. The summed E-state index contributed by atoms with van der Waals surface area (Å²) in [6.45, 7) is 0. The molecule has 4 rings (SSSR count). The van der Waals surface area contributed by atoms with Gasteiger partial charge in [0.1, 0.15) is 0 Å². The van der Waals surface area contributed by atoms with Crippen molar-refractivity contribution in [2.24, 2.45) is 23.5 Å². The zero-order valence-electron chi connectivity index (χ0n) is 9.80. The summed E-state index contributed by atoms with van der Waals surface area (Å²) in [4.78, 5) is 0. The Kier molecular flexibility index (Phi) is 2.12. The highest BCUT2D eigenvalue weighted by Crippen LogP contribution is 2.57. The molecule has 2 heteroatoms. The molecule has 0 spiro atoms. The number of nitrogens with two attached hydrogens (primary N) is 1. The molecule has 1 aromatic heterocycles. The molecule has 0 bridgehead atoms. The topological polar surface area (TPSA) is 26.0 Å². The van der Waals surface area contributed by atoms with Gasteiger partial charge in [-0.15, -0.1) is 11.3 Å². The number of benzene rings is 1. The number of rotatable bonds is 2. The van der Waals surface area contributed by atoms with Crippen molar-refractivity contribution in [3.8, 4) is 0 Å². The Bertz CT molecular complexity index is 549. The number of fused-ring (bicyclic) bond motifs is 2. The lowest BCUT2D eigenvalue weighted by atomic mass is 9.89.